The lowest BCUT2D eigenvalue weighted by atomic mass is 10.2. The second-order valence-corrected chi connectivity index (χ2v) is 7.45. The number of nitrogens with one attached hydrogen (secondary N) is 2. The van der Waals surface area contributed by atoms with Gasteiger partial charge < -0.3 is 4.90 Å². The average molecular weight is 411 g/mol. The van der Waals surface area contributed by atoms with E-state index in [0.29, 0.717) is 11.5 Å². The van der Waals surface area contributed by atoms with Gasteiger partial charge in [0.2, 0.25) is 5.65 Å². The lowest BCUT2D eigenvalue weighted by Gasteiger charge is -2.20. The van der Waals surface area contributed by atoms with E-state index in [1.807, 2.05) is 77.2 Å². The molecule has 0 aliphatic carbocycles. The number of anilines is 2. The first-order valence-corrected chi connectivity index (χ1v) is 10.6. The molecule has 1 amide bonds. The molecule has 2 N–H and O–H groups in total. The molecule has 6 heteroatoms. The minimum atomic E-state index is -0.187. The highest BCUT2D eigenvalue weighted by Crippen LogP contribution is 2.21. The van der Waals surface area contributed by atoms with Crippen LogP contribution in [0.2, 0.25) is 0 Å². The molecule has 154 valence electrons. The van der Waals surface area contributed by atoms with Crippen molar-refractivity contribution in [1.82, 2.24) is 9.97 Å². The highest BCUT2D eigenvalue weighted by Gasteiger charge is 2.22. The molecule has 2 aromatic heterocycles. The molecular weight excluding hydrogens is 386 g/mol. The van der Waals surface area contributed by atoms with Crippen molar-refractivity contribution in [3.8, 4) is 0 Å². The van der Waals surface area contributed by atoms with Crippen LogP contribution in [0.3, 0.4) is 0 Å². The zero-order valence-electron chi connectivity index (χ0n) is 17.6. The second kappa shape index (κ2) is 7.72. The summed E-state index contributed by atoms with van der Waals surface area (Å²) in [5, 5.41) is 4.03. The molecule has 0 unspecified atom stereocenters. The third kappa shape index (κ3) is 3.26. The molecule has 0 spiro atoms. The smallest absolute Gasteiger partial charge is 0.360 e. The Labute approximate surface area is 180 Å². The number of hydrogen-bond acceptors (Lipinski definition) is 3. The number of carbonyl (C=O) groups excluding carboxylic acids is 1. The van der Waals surface area contributed by atoms with Crippen LogP contribution in [0.4, 0.5) is 11.6 Å². The maximum atomic E-state index is 13.1. The minimum Gasteiger partial charge on any atom is -0.372 e. The molecule has 5 aromatic rings. The number of H-pyrrole nitrogens is 1. The van der Waals surface area contributed by atoms with E-state index in [1.54, 1.807) is 0 Å². The molecule has 5 rings (SSSR count). The van der Waals surface area contributed by atoms with Crippen LogP contribution in [0.5, 0.6) is 0 Å². The SMILES string of the molecule is CCN(CC)c1ccc(C(=O)Nc2nc3ccccc3c3[nH]c4ccccc4[n+]23)cc1. The van der Waals surface area contributed by atoms with Crippen molar-refractivity contribution in [2.45, 2.75) is 13.8 Å². The van der Waals surface area contributed by atoms with Gasteiger partial charge in [0.1, 0.15) is 16.6 Å². The zero-order valence-corrected chi connectivity index (χ0v) is 17.6. The maximum Gasteiger partial charge on any atom is 0.360 e. The summed E-state index contributed by atoms with van der Waals surface area (Å²) in [6, 6.07) is 23.6. The van der Waals surface area contributed by atoms with Crippen LogP contribution in [0.25, 0.3) is 27.6 Å². The summed E-state index contributed by atoms with van der Waals surface area (Å²) in [6.07, 6.45) is 0. The number of carbonyl (C=O) groups is 1. The summed E-state index contributed by atoms with van der Waals surface area (Å²) in [5.41, 5.74) is 5.38. The largest absolute Gasteiger partial charge is 0.372 e. The van der Waals surface area contributed by atoms with Gasteiger partial charge in [0.25, 0.3) is 5.91 Å². The Hall–Kier alpha value is -3.93. The lowest BCUT2D eigenvalue weighted by Crippen LogP contribution is -2.30. The van der Waals surface area contributed by atoms with Crippen molar-refractivity contribution in [1.29, 1.82) is 0 Å². The molecule has 0 fully saturated rings. The van der Waals surface area contributed by atoms with E-state index in [2.05, 4.69) is 29.0 Å². The standard InChI is InChI=1S/C25H23N5O/c1-3-29(4-2)18-15-13-17(14-16-18)24(31)28-25-27-20-10-6-5-9-19(20)23-26-21-11-7-8-12-22(21)30(23)25/h5-16H,3-4H2,1-2H3,(H,26,27,28,31)/p+1. The Kier molecular flexibility index (Phi) is 4.75. The number of para-hydroxylation sites is 3. The summed E-state index contributed by atoms with van der Waals surface area (Å²) >= 11 is 0. The van der Waals surface area contributed by atoms with E-state index < -0.39 is 0 Å². The molecule has 6 nitrogen and oxygen atoms in total. The molecule has 0 atom stereocenters. The van der Waals surface area contributed by atoms with Gasteiger partial charge in [0.05, 0.1) is 10.9 Å². The van der Waals surface area contributed by atoms with Gasteiger partial charge in [-0.2, -0.15) is 4.40 Å². The monoisotopic (exact) mass is 410 g/mol. The van der Waals surface area contributed by atoms with Gasteiger partial charge in [-0.15, -0.1) is 4.98 Å². The van der Waals surface area contributed by atoms with Crippen LogP contribution in [0.1, 0.15) is 24.2 Å². The Bertz CT molecular complexity index is 1400. The Morgan fingerprint density at radius 2 is 1.68 bits per heavy atom. The van der Waals surface area contributed by atoms with Gasteiger partial charge in [0, 0.05) is 18.8 Å². The van der Waals surface area contributed by atoms with Crippen LogP contribution < -0.4 is 14.6 Å². The summed E-state index contributed by atoms with van der Waals surface area (Å²) in [4.78, 5) is 23.6. The molecule has 31 heavy (non-hydrogen) atoms. The van der Waals surface area contributed by atoms with E-state index in [9.17, 15) is 4.79 Å². The van der Waals surface area contributed by atoms with Gasteiger partial charge >= 0.3 is 5.95 Å². The number of aromatic nitrogens is 3. The molecule has 0 bridgehead atoms. The predicted octanol–water partition coefficient (Wildman–Crippen LogP) is 4.55. The lowest BCUT2D eigenvalue weighted by molar-refractivity contribution is -0.466. The van der Waals surface area contributed by atoms with Gasteiger partial charge in [0.15, 0.2) is 0 Å². The number of benzene rings is 3. The maximum absolute atomic E-state index is 13.1. The summed E-state index contributed by atoms with van der Waals surface area (Å²) in [5.74, 6) is 0.303. The third-order valence-electron chi connectivity index (χ3n) is 5.70. The zero-order chi connectivity index (χ0) is 21.4. The number of amides is 1. The van der Waals surface area contributed by atoms with Gasteiger partial charge in [-0.05, 0) is 62.4 Å². The molecular formula is C25H24N5O+. The molecule has 0 radical (unpaired) electrons. The first-order chi connectivity index (χ1) is 15.2. The topological polar surface area (TPSA) is 65.1 Å². The van der Waals surface area contributed by atoms with E-state index in [0.717, 1.165) is 46.4 Å². The highest BCUT2D eigenvalue weighted by atomic mass is 16.1. The number of aromatic amines is 1. The van der Waals surface area contributed by atoms with Crippen molar-refractivity contribution in [2.75, 3.05) is 23.3 Å². The molecule has 3 aromatic carbocycles. The number of imidazole rings is 1. The average Bonchev–Trinajstić information content (AvgIpc) is 3.21. The fourth-order valence-corrected chi connectivity index (χ4v) is 4.09. The van der Waals surface area contributed by atoms with Gasteiger partial charge in [-0.25, -0.2) is 5.32 Å². The van der Waals surface area contributed by atoms with Crippen molar-refractivity contribution in [3.63, 3.8) is 0 Å². The fourth-order valence-electron chi connectivity index (χ4n) is 4.09. The Morgan fingerprint density at radius 1 is 0.968 bits per heavy atom. The molecule has 2 heterocycles. The summed E-state index contributed by atoms with van der Waals surface area (Å²) in [7, 11) is 0. The van der Waals surface area contributed by atoms with E-state index >= 15 is 0 Å². The molecule has 0 saturated carbocycles. The third-order valence-corrected chi connectivity index (χ3v) is 5.70. The summed E-state index contributed by atoms with van der Waals surface area (Å²) < 4.78 is 1.97. The van der Waals surface area contributed by atoms with Crippen LogP contribution in [-0.4, -0.2) is 29.0 Å². The van der Waals surface area contributed by atoms with Crippen molar-refractivity contribution < 1.29 is 9.20 Å². The van der Waals surface area contributed by atoms with Crippen molar-refractivity contribution in [2.24, 2.45) is 0 Å². The number of hydrogen-bond donors (Lipinski definition) is 2. The minimum absolute atomic E-state index is 0.187. The van der Waals surface area contributed by atoms with E-state index in [-0.39, 0.29) is 5.91 Å². The van der Waals surface area contributed by atoms with Crippen LogP contribution in [-0.2, 0) is 0 Å². The highest BCUT2D eigenvalue weighted by molar-refractivity contribution is 6.04. The summed E-state index contributed by atoms with van der Waals surface area (Å²) in [6.45, 7) is 6.11. The Balaban J connectivity index is 1.59. The second-order valence-electron chi connectivity index (χ2n) is 7.45. The normalized spacial score (nSPS) is 11.3. The van der Waals surface area contributed by atoms with Gasteiger partial charge in [-0.1, -0.05) is 24.3 Å². The predicted molar refractivity (Wildman–Crippen MR) is 125 cm³/mol. The quantitative estimate of drug-likeness (QED) is 0.418. The number of nitrogens with zero attached hydrogens (tertiary/aromatic N) is 3. The molecule has 0 aliphatic rings. The van der Waals surface area contributed by atoms with Crippen LogP contribution >= 0.6 is 0 Å². The van der Waals surface area contributed by atoms with Crippen molar-refractivity contribution in [3.05, 3.63) is 78.4 Å². The van der Waals surface area contributed by atoms with Crippen LogP contribution in [0, 0.1) is 0 Å². The molecule has 0 saturated heterocycles. The van der Waals surface area contributed by atoms with Gasteiger partial charge in [-0.3, -0.25) is 9.78 Å². The first kappa shape index (κ1) is 19.1. The fraction of sp³-hybridized carbons (Fsp3) is 0.160. The number of fused-ring (bicyclic) bond motifs is 5. The van der Waals surface area contributed by atoms with Crippen molar-refractivity contribution >= 4 is 45.1 Å². The van der Waals surface area contributed by atoms with E-state index in [4.69, 9.17) is 4.98 Å². The van der Waals surface area contributed by atoms with Crippen LogP contribution in [0.15, 0.2) is 72.8 Å². The number of rotatable bonds is 5. The first-order valence-electron chi connectivity index (χ1n) is 10.6. The Morgan fingerprint density at radius 3 is 2.45 bits per heavy atom. The van der Waals surface area contributed by atoms with E-state index in [1.165, 1.54) is 0 Å². The molecule has 0 aliphatic heterocycles.